The number of benzene rings is 3. The highest BCUT2D eigenvalue weighted by atomic mass is 35.5. The second-order valence-corrected chi connectivity index (χ2v) is 12.6. The van der Waals surface area contributed by atoms with Crippen LogP contribution in [0.15, 0.2) is 65.6 Å². The zero-order valence-corrected chi connectivity index (χ0v) is 23.7. The van der Waals surface area contributed by atoms with Crippen LogP contribution < -0.4 is 9.62 Å². The van der Waals surface area contributed by atoms with E-state index in [1.165, 1.54) is 4.31 Å². The molecule has 0 bridgehead atoms. The number of nitrogens with one attached hydrogen (secondary N) is 1. The van der Waals surface area contributed by atoms with E-state index >= 15 is 0 Å². The van der Waals surface area contributed by atoms with Crippen LogP contribution in [0.25, 0.3) is 10.8 Å². The SMILES string of the molecule is CC[C@H](C(=O)NC1CCCC1)N(Cc1ccccc1Cl)C(=O)CCCN1c2cccc3cccc(c23)S1(=O)=O. The highest BCUT2D eigenvalue weighted by Crippen LogP contribution is 2.42. The Bertz CT molecular complexity index is 1480. The van der Waals surface area contributed by atoms with E-state index in [9.17, 15) is 18.0 Å². The molecule has 1 heterocycles. The third-order valence-electron chi connectivity index (χ3n) is 7.82. The molecule has 5 rings (SSSR count). The first kappa shape index (κ1) is 27.5. The van der Waals surface area contributed by atoms with Gasteiger partial charge in [0.1, 0.15) is 6.04 Å². The van der Waals surface area contributed by atoms with E-state index in [1.807, 2.05) is 49.4 Å². The fourth-order valence-corrected chi connectivity index (χ4v) is 7.76. The zero-order valence-electron chi connectivity index (χ0n) is 22.1. The first-order valence-electron chi connectivity index (χ1n) is 13.7. The molecule has 1 N–H and O–H groups in total. The maximum absolute atomic E-state index is 13.7. The Labute approximate surface area is 235 Å². The number of carbonyl (C=O) groups is 2. The Morgan fingerprint density at radius 3 is 2.49 bits per heavy atom. The zero-order chi connectivity index (χ0) is 27.6. The van der Waals surface area contributed by atoms with Crippen molar-refractivity contribution >= 4 is 49.9 Å². The van der Waals surface area contributed by atoms with E-state index in [2.05, 4.69) is 5.32 Å². The summed E-state index contributed by atoms with van der Waals surface area (Å²) in [5.41, 5.74) is 1.41. The summed E-state index contributed by atoms with van der Waals surface area (Å²) >= 11 is 6.43. The highest BCUT2D eigenvalue weighted by molar-refractivity contribution is 7.93. The molecular formula is C30H34ClN3O4S. The van der Waals surface area contributed by atoms with Crippen LogP contribution in [0.3, 0.4) is 0 Å². The van der Waals surface area contributed by atoms with Crippen molar-refractivity contribution in [3.63, 3.8) is 0 Å². The Kier molecular flexibility index (Phi) is 8.14. The number of hydrogen-bond acceptors (Lipinski definition) is 4. The van der Waals surface area contributed by atoms with Crippen molar-refractivity contribution in [3.8, 4) is 0 Å². The molecule has 2 aliphatic rings. The average Bonchev–Trinajstić information content (AvgIpc) is 3.51. The topological polar surface area (TPSA) is 86.8 Å². The van der Waals surface area contributed by atoms with Gasteiger partial charge in [0.2, 0.25) is 11.8 Å². The maximum atomic E-state index is 13.7. The first-order chi connectivity index (χ1) is 18.8. The first-order valence-corrected chi connectivity index (χ1v) is 15.5. The largest absolute Gasteiger partial charge is 0.352 e. The maximum Gasteiger partial charge on any atom is 0.265 e. The van der Waals surface area contributed by atoms with Crippen LogP contribution in [0.5, 0.6) is 0 Å². The second-order valence-electron chi connectivity index (χ2n) is 10.3. The lowest BCUT2D eigenvalue weighted by molar-refractivity contribution is -0.141. The molecule has 1 aliphatic heterocycles. The molecular weight excluding hydrogens is 534 g/mol. The van der Waals surface area contributed by atoms with Gasteiger partial charge in [0.25, 0.3) is 10.0 Å². The number of carbonyl (C=O) groups excluding carboxylic acids is 2. The summed E-state index contributed by atoms with van der Waals surface area (Å²) in [7, 11) is -3.69. The summed E-state index contributed by atoms with van der Waals surface area (Å²) in [5.74, 6) is -0.343. The Morgan fingerprint density at radius 2 is 1.77 bits per heavy atom. The fraction of sp³-hybridized carbons (Fsp3) is 0.400. The summed E-state index contributed by atoms with van der Waals surface area (Å²) in [6.45, 7) is 2.29. The third kappa shape index (κ3) is 5.50. The van der Waals surface area contributed by atoms with Gasteiger partial charge >= 0.3 is 0 Å². The van der Waals surface area contributed by atoms with Crippen LogP contribution in [0.1, 0.15) is 57.4 Å². The minimum Gasteiger partial charge on any atom is -0.352 e. The van der Waals surface area contributed by atoms with Crippen molar-refractivity contribution in [2.75, 3.05) is 10.8 Å². The molecule has 0 saturated heterocycles. The van der Waals surface area contributed by atoms with E-state index < -0.39 is 16.1 Å². The van der Waals surface area contributed by atoms with Crippen molar-refractivity contribution in [2.24, 2.45) is 0 Å². The van der Waals surface area contributed by atoms with Gasteiger partial charge in [0, 0.05) is 36.0 Å². The number of anilines is 1. The van der Waals surface area contributed by atoms with Crippen molar-refractivity contribution in [1.29, 1.82) is 0 Å². The lowest BCUT2D eigenvalue weighted by Crippen LogP contribution is -2.51. The molecule has 9 heteroatoms. The van der Waals surface area contributed by atoms with Gasteiger partial charge in [-0.15, -0.1) is 0 Å². The number of sulfonamides is 1. The number of amides is 2. The van der Waals surface area contributed by atoms with Gasteiger partial charge < -0.3 is 10.2 Å². The summed E-state index contributed by atoms with van der Waals surface area (Å²) in [6.07, 6.45) is 5.01. The minimum atomic E-state index is -3.69. The summed E-state index contributed by atoms with van der Waals surface area (Å²) < 4.78 is 28.1. The second kappa shape index (κ2) is 11.6. The van der Waals surface area contributed by atoms with Crippen LogP contribution in [0, 0.1) is 0 Å². The Balaban J connectivity index is 1.33. The molecule has 206 valence electrons. The lowest BCUT2D eigenvalue weighted by Gasteiger charge is -2.32. The van der Waals surface area contributed by atoms with Gasteiger partial charge in [-0.2, -0.15) is 0 Å². The molecule has 2 amide bonds. The minimum absolute atomic E-state index is 0.107. The van der Waals surface area contributed by atoms with Gasteiger partial charge in [-0.3, -0.25) is 13.9 Å². The van der Waals surface area contributed by atoms with Crippen LogP contribution >= 0.6 is 11.6 Å². The van der Waals surface area contributed by atoms with Crippen molar-refractivity contribution in [1.82, 2.24) is 10.2 Å². The van der Waals surface area contributed by atoms with Crippen molar-refractivity contribution < 1.29 is 18.0 Å². The molecule has 39 heavy (non-hydrogen) atoms. The van der Waals surface area contributed by atoms with E-state index in [-0.39, 0.29) is 37.4 Å². The predicted molar refractivity (Wildman–Crippen MR) is 154 cm³/mol. The number of hydrogen-bond donors (Lipinski definition) is 1. The van der Waals surface area contributed by atoms with E-state index in [1.54, 1.807) is 23.1 Å². The van der Waals surface area contributed by atoms with Gasteiger partial charge in [0.05, 0.1) is 10.6 Å². The highest BCUT2D eigenvalue weighted by Gasteiger charge is 2.36. The summed E-state index contributed by atoms with van der Waals surface area (Å²) in [6, 6.07) is 17.7. The van der Waals surface area contributed by atoms with Crippen molar-refractivity contribution in [2.45, 2.75) is 75.4 Å². The van der Waals surface area contributed by atoms with Gasteiger partial charge in [-0.25, -0.2) is 8.42 Å². The molecule has 1 aliphatic carbocycles. The molecule has 1 fully saturated rings. The smallest absolute Gasteiger partial charge is 0.265 e. The van der Waals surface area contributed by atoms with E-state index in [0.29, 0.717) is 28.4 Å². The molecule has 3 aromatic rings. The molecule has 0 radical (unpaired) electrons. The Hall–Kier alpha value is -3.10. The summed E-state index contributed by atoms with van der Waals surface area (Å²) in [4.78, 5) is 28.9. The summed E-state index contributed by atoms with van der Waals surface area (Å²) in [5, 5.41) is 5.28. The standard InChI is InChI=1S/C30H34ClN3O4S/c1-2-25(30(36)32-23-13-4-5-14-23)33(20-22-10-3-6-15-24(22)31)28(35)18-9-19-34-26-16-7-11-21-12-8-17-27(29(21)26)39(34,37)38/h3,6-8,10-12,15-17,23,25H,2,4-5,9,13-14,18-20H2,1H3,(H,32,36)/t25-/m1/s1. The quantitative estimate of drug-likeness (QED) is 0.343. The monoisotopic (exact) mass is 567 g/mol. The predicted octanol–water partition coefficient (Wildman–Crippen LogP) is 5.65. The molecule has 7 nitrogen and oxygen atoms in total. The lowest BCUT2D eigenvalue weighted by atomic mass is 10.1. The molecule has 1 saturated carbocycles. The van der Waals surface area contributed by atoms with E-state index in [0.717, 1.165) is 42.0 Å². The van der Waals surface area contributed by atoms with Gasteiger partial charge in [-0.05, 0) is 54.8 Å². The molecule has 0 aromatic heterocycles. The fourth-order valence-electron chi connectivity index (χ4n) is 5.81. The van der Waals surface area contributed by atoms with Crippen LogP contribution in [0.4, 0.5) is 5.69 Å². The Morgan fingerprint density at radius 1 is 1.05 bits per heavy atom. The number of rotatable bonds is 10. The van der Waals surface area contributed by atoms with Crippen LogP contribution in [-0.4, -0.2) is 43.8 Å². The van der Waals surface area contributed by atoms with Gasteiger partial charge in [-0.1, -0.05) is 73.8 Å². The van der Waals surface area contributed by atoms with Crippen molar-refractivity contribution in [3.05, 3.63) is 71.2 Å². The number of nitrogens with zero attached hydrogens (tertiary/aromatic N) is 2. The van der Waals surface area contributed by atoms with E-state index in [4.69, 9.17) is 11.6 Å². The normalized spacial score (nSPS) is 16.9. The van der Waals surface area contributed by atoms with Crippen LogP contribution in [0.2, 0.25) is 5.02 Å². The molecule has 3 aromatic carbocycles. The third-order valence-corrected chi connectivity index (χ3v) is 10.0. The number of halogens is 1. The molecule has 0 spiro atoms. The molecule has 1 atom stereocenters. The van der Waals surface area contributed by atoms with Gasteiger partial charge in [0.15, 0.2) is 0 Å². The average molecular weight is 568 g/mol. The van der Waals surface area contributed by atoms with Crippen LogP contribution in [-0.2, 0) is 26.2 Å². The molecule has 0 unspecified atom stereocenters.